The van der Waals surface area contributed by atoms with Gasteiger partial charge in [0.2, 0.25) is 0 Å². The summed E-state index contributed by atoms with van der Waals surface area (Å²) in [5, 5.41) is 8.25. The fourth-order valence-corrected chi connectivity index (χ4v) is 0. The zero-order valence-electron chi connectivity index (χ0n) is 1.84. The zero-order chi connectivity index (χ0) is 2.71. The van der Waals surface area contributed by atoms with Gasteiger partial charge in [0.05, 0.1) is 0 Å². The van der Waals surface area contributed by atoms with Crippen LogP contribution >= 0.6 is 0 Å². The van der Waals surface area contributed by atoms with Crippen molar-refractivity contribution in [3.05, 3.63) is 0 Å². The van der Waals surface area contributed by atoms with Gasteiger partial charge in [-0.1, -0.05) is 0 Å². The molecule has 0 heterocycles. The summed E-state index contributed by atoms with van der Waals surface area (Å²) in [6, 6.07) is 0. The summed E-state index contributed by atoms with van der Waals surface area (Å²) in [6.45, 7) is -0.500. The van der Waals surface area contributed by atoms with Crippen molar-refractivity contribution in [2.45, 2.75) is 0 Å². The molecule has 0 aromatic heterocycles. The van der Waals surface area contributed by atoms with Crippen molar-refractivity contribution >= 4 is 6.47 Å². The molecule has 21 valence electrons. The second-order valence-corrected chi connectivity index (χ2v) is 0.0962. The molecular formula is CHO2V+. The molecule has 0 aliphatic rings. The Morgan fingerprint density at radius 3 is 1.75 bits per heavy atom. The summed E-state index contributed by atoms with van der Waals surface area (Å²) >= 11 is 0. The van der Waals surface area contributed by atoms with Crippen molar-refractivity contribution in [1.29, 1.82) is 0 Å². The molecule has 3 heteroatoms. The van der Waals surface area contributed by atoms with Crippen LogP contribution < -0.4 is 5.11 Å². The SMILES string of the molecule is O=C[O-].[V+2]. The molecule has 0 rings (SSSR count). The number of carbonyl (C=O) groups is 1. The van der Waals surface area contributed by atoms with Crippen molar-refractivity contribution in [2.75, 3.05) is 0 Å². The van der Waals surface area contributed by atoms with E-state index in [2.05, 4.69) is 0 Å². The van der Waals surface area contributed by atoms with Gasteiger partial charge in [0.15, 0.2) is 0 Å². The minimum absolute atomic E-state index is 0. The number of hydrogen-bond donors (Lipinski definition) is 0. The standard InChI is InChI=1S/CH2O2.V/c2-1-3;/h1H,(H,2,3);/q;+2/p-1. The van der Waals surface area contributed by atoms with Gasteiger partial charge in [-0.25, -0.2) is 0 Å². The quantitative estimate of drug-likeness (QED) is 0.339. The van der Waals surface area contributed by atoms with Crippen molar-refractivity contribution < 1.29 is 28.5 Å². The second-order valence-electron chi connectivity index (χ2n) is 0.0962. The van der Waals surface area contributed by atoms with E-state index in [4.69, 9.17) is 9.90 Å². The van der Waals surface area contributed by atoms with Gasteiger partial charge in [-0.2, -0.15) is 0 Å². The Balaban J connectivity index is 0. The van der Waals surface area contributed by atoms with Crippen molar-refractivity contribution in [3.63, 3.8) is 0 Å². The molecule has 0 amide bonds. The summed E-state index contributed by atoms with van der Waals surface area (Å²) < 4.78 is 0. The number of hydrogen-bond acceptors (Lipinski definition) is 2. The maximum Gasteiger partial charge on any atom is 2.00 e. The van der Waals surface area contributed by atoms with Crippen LogP contribution in [0, 0.1) is 0 Å². The first-order valence-corrected chi connectivity index (χ1v) is 0.471. The summed E-state index contributed by atoms with van der Waals surface area (Å²) in [4.78, 5) is 8.25. The third-order valence-corrected chi connectivity index (χ3v) is 0. The summed E-state index contributed by atoms with van der Waals surface area (Å²) in [6.07, 6.45) is 0. The second kappa shape index (κ2) is 11.6. The van der Waals surface area contributed by atoms with E-state index < -0.39 is 6.47 Å². The smallest absolute Gasteiger partial charge is 0.554 e. The zero-order valence-corrected chi connectivity index (χ0v) is 3.24. The topological polar surface area (TPSA) is 40.1 Å². The Morgan fingerprint density at radius 1 is 1.75 bits per heavy atom. The van der Waals surface area contributed by atoms with Gasteiger partial charge in [-0.15, -0.1) is 0 Å². The molecular weight excluding hydrogens is 95.0 g/mol. The predicted octanol–water partition coefficient (Wildman–Crippen LogP) is -1.64. The Hall–Kier alpha value is 0.0544. The van der Waals surface area contributed by atoms with E-state index in [1.54, 1.807) is 0 Å². The first-order valence-electron chi connectivity index (χ1n) is 0.471. The van der Waals surface area contributed by atoms with Crippen molar-refractivity contribution in [1.82, 2.24) is 0 Å². The van der Waals surface area contributed by atoms with E-state index in [9.17, 15) is 0 Å². The van der Waals surface area contributed by atoms with Crippen LogP contribution in [0.5, 0.6) is 0 Å². The third-order valence-electron chi connectivity index (χ3n) is 0. The van der Waals surface area contributed by atoms with Gasteiger partial charge in [0.25, 0.3) is 0 Å². The molecule has 0 atom stereocenters. The molecule has 0 unspecified atom stereocenters. The molecule has 2 nitrogen and oxygen atoms in total. The first kappa shape index (κ1) is 8.96. The molecule has 0 fully saturated rings. The summed E-state index contributed by atoms with van der Waals surface area (Å²) in [5.41, 5.74) is 0. The molecule has 0 aromatic carbocycles. The summed E-state index contributed by atoms with van der Waals surface area (Å²) in [7, 11) is 0. The molecule has 0 N–H and O–H groups in total. The van der Waals surface area contributed by atoms with Crippen molar-refractivity contribution in [2.24, 2.45) is 0 Å². The number of carbonyl (C=O) groups excluding carboxylic acids is 1. The van der Waals surface area contributed by atoms with Gasteiger partial charge in [-0.05, 0) is 0 Å². The van der Waals surface area contributed by atoms with Gasteiger partial charge in [0, 0.05) is 6.47 Å². The van der Waals surface area contributed by atoms with Crippen LogP contribution in [0.4, 0.5) is 0 Å². The minimum atomic E-state index is -0.500. The molecule has 0 saturated carbocycles. The first-order chi connectivity index (χ1) is 1.41. The maximum absolute atomic E-state index is 8.25. The van der Waals surface area contributed by atoms with Crippen LogP contribution in [-0.2, 0) is 23.4 Å². The van der Waals surface area contributed by atoms with E-state index >= 15 is 0 Å². The molecule has 0 saturated heterocycles. The maximum atomic E-state index is 8.25. The van der Waals surface area contributed by atoms with Gasteiger partial charge < -0.3 is 9.90 Å². The van der Waals surface area contributed by atoms with E-state index in [1.807, 2.05) is 0 Å². The monoisotopic (exact) mass is 95.9 g/mol. The molecule has 0 aliphatic heterocycles. The Kier molecular flexibility index (Phi) is 26.0. The molecule has 0 bridgehead atoms. The van der Waals surface area contributed by atoms with Gasteiger partial charge in [-0.3, -0.25) is 0 Å². The molecule has 0 aliphatic carbocycles. The van der Waals surface area contributed by atoms with Crippen LogP contribution in [0.15, 0.2) is 0 Å². The third kappa shape index (κ3) is 771. The number of carboxylic acid groups (broad SMARTS) is 1. The van der Waals surface area contributed by atoms with E-state index in [-0.39, 0.29) is 18.6 Å². The van der Waals surface area contributed by atoms with E-state index in [1.165, 1.54) is 0 Å². The van der Waals surface area contributed by atoms with Crippen LogP contribution in [0.25, 0.3) is 0 Å². The molecule has 4 heavy (non-hydrogen) atoms. The molecule has 0 aromatic rings. The van der Waals surface area contributed by atoms with E-state index in [0.717, 1.165) is 0 Å². The summed E-state index contributed by atoms with van der Waals surface area (Å²) in [5.74, 6) is 0. The van der Waals surface area contributed by atoms with E-state index in [0.29, 0.717) is 0 Å². The fourth-order valence-electron chi connectivity index (χ4n) is 0. The minimum Gasteiger partial charge on any atom is -0.554 e. The predicted molar refractivity (Wildman–Crippen MR) is 6.06 cm³/mol. The average molecular weight is 96.0 g/mol. The van der Waals surface area contributed by atoms with Crippen molar-refractivity contribution in [3.8, 4) is 0 Å². The van der Waals surface area contributed by atoms with Crippen LogP contribution in [0.2, 0.25) is 0 Å². The Labute approximate surface area is 35.7 Å². The van der Waals surface area contributed by atoms with Gasteiger partial charge >= 0.3 is 18.6 Å². The molecule has 1 radical (unpaired) electrons. The number of rotatable bonds is 0. The van der Waals surface area contributed by atoms with Crippen LogP contribution in [0.1, 0.15) is 0 Å². The largest absolute Gasteiger partial charge is 2.00 e. The normalized spacial score (nSPS) is 3.00. The Morgan fingerprint density at radius 2 is 1.75 bits per heavy atom. The molecule has 0 spiro atoms. The average Bonchev–Trinajstić information content (AvgIpc) is 0.918. The fraction of sp³-hybridized carbons (Fsp3) is 0. The Bertz CT molecular complexity index is 13.5. The van der Waals surface area contributed by atoms with Gasteiger partial charge in [0.1, 0.15) is 0 Å². The van der Waals surface area contributed by atoms with Crippen LogP contribution in [-0.4, -0.2) is 6.47 Å². The van der Waals surface area contributed by atoms with Crippen LogP contribution in [0.3, 0.4) is 0 Å².